The van der Waals surface area contributed by atoms with Crippen molar-refractivity contribution in [3.05, 3.63) is 35.4 Å². The Morgan fingerprint density at radius 2 is 1.78 bits per heavy atom. The summed E-state index contributed by atoms with van der Waals surface area (Å²) in [5, 5.41) is 0. The van der Waals surface area contributed by atoms with Crippen LogP contribution in [-0.2, 0) is 5.41 Å². The van der Waals surface area contributed by atoms with E-state index < -0.39 is 0 Å². The Labute approximate surface area is 111 Å². The monoisotopic (exact) mass is 246 g/mol. The zero-order valence-electron chi connectivity index (χ0n) is 11.9. The summed E-state index contributed by atoms with van der Waals surface area (Å²) in [6, 6.07) is 9.05. The highest BCUT2D eigenvalue weighted by atomic mass is 15.2. The van der Waals surface area contributed by atoms with Gasteiger partial charge in [0.25, 0.3) is 0 Å². The highest BCUT2D eigenvalue weighted by Gasteiger charge is 2.29. The van der Waals surface area contributed by atoms with Crippen molar-refractivity contribution in [2.24, 2.45) is 11.8 Å². The molecule has 0 radical (unpaired) electrons. The SMILES string of the molecule is CC(C)(C)c1ccccc1C(NN)C1CCCC1. The fourth-order valence-corrected chi connectivity index (χ4v) is 3.22. The van der Waals surface area contributed by atoms with E-state index in [1.54, 1.807) is 0 Å². The molecule has 2 nitrogen and oxygen atoms in total. The summed E-state index contributed by atoms with van der Waals surface area (Å²) in [6.07, 6.45) is 5.29. The van der Waals surface area contributed by atoms with Crippen molar-refractivity contribution in [3.8, 4) is 0 Å². The van der Waals surface area contributed by atoms with Crippen LogP contribution in [0.1, 0.15) is 63.6 Å². The standard InChI is InChI=1S/C16H26N2/c1-16(2,3)14-11-7-6-10-13(14)15(18-17)12-8-4-5-9-12/h6-7,10-12,15,18H,4-5,8-9,17H2,1-3H3. The zero-order chi connectivity index (χ0) is 13.2. The van der Waals surface area contributed by atoms with Crippen LogP contribution in [0, 0.1) is 5.92 Å². The van der Waals surface area contributed by atoms with Crippen molar-refractivity contribution in [1.29, 1.82) is 0 Å². The maximum atomic E-state index is 5.85. The third kappa shape index (κ3) is 2.76. The third-order valence-electron chi connectivity index (χ3n) is 4.15. The molecule has 0 saturated heterocycles. The molecule has 1 aromatic carbocycles. The van der Waals surface area contributed by atoms with Gasteiger partial charge in [0.1, 0.15) is 0 Å². The molecule has 1 unspecified atom stereocenters. The molecule has 1 aromatic rings. The molecule has 0 amide bonds. The predicted molar refractivity (Wildman–Crippen MR) is 77.2 cm³/mol. The van der Waals surface area contributed by atoms with Gasteiger partial charge in [-0.1, -0.05) is 57.9 Å². The van der Waals surface area contributed by atoms with Crippen LogP contribution in [0.4, 0.5) is 0 Å². The van der Waals surface area contributed by atoms with E-state index in [-0.39, 0.29) is 5.41 Å². The van der Waals surface area contributed by atoms with Gasteiger partial charge in [0, 0.05) is 6.04 Å². The lowest BCUT2D eigenvalue weighted by molar-refractivity contribution is 0.367. The summed E-state index contributed by atoms with van der Waals surface area (Å²) in [7, 11) is 0. The highest BCUT2D eigenvalue weighted by Crippen LogP contribution is 2.38. The second-order valence-corrected chi connectivity index (χ2v) is 6.53. The van der Waals surface area contributed by atoms with Gasteiger partial charge in [-0.3, -0.25) is 11.3 Å². The summed E-state index contributed by atoms with van der Waals surface area (Å²) in [5.41, 5.74) is 6.05. The van der Waals surface area contributed by atoms with Gasteiger partial charge in [-0.25, -0.2) is 0 Å². The summed E-state index contributed by atoms with van der Waals surface area (Å²) in [5.74, 6) is 6.54. The van der Waals surface area contributed by atoms with Gasteiger partial charge >= 0.3 is 0 Å². The summed E-state index contributed by atoms with van der Waals surface area (Å²) < 4.78 is 0. The van der Waals surface area contributed by atoms with Crippen LogP contribution in [-0.4, -0.2) is 0 Å². The molecule has 2 heteroatoms. The molecule has 1 atom stereocenters. The van der Waals surface area contributed by atoms with Gasteiger partial charge in [0.2, 0.25) is 0 Å². The van der Waals surface area contributed by atoms with Crippen LogP contribution in [0.25, 0.3) is 0 Å². The van der Waals surface area contributed by atoms with Crippen LogP contribution in [0.15, 0.2) is 24.3 Å². The van der Waals surface area contributed by atoms with Gasteiger partial charge in [-0.2, -0.15) is 0 Å². The van der Waals surface area contributed by atoms with Crippen molar-refractivity contribution in [3.63, 3.8) is 0 Å². The van der Waals surface area contributed by atoms with Gasteiger partial charge in [0.05, 0.1) is 0 Å². The van der Waals surface area contributed by atoms with Gasteiger partial charge in [0.15, 0.2) is 0 Å². The fourth-order valence-electron chi connectivity index (χ4n) is 3.22. The smallest absolute Gasteiger partial charge is 0.0491 e. The molecule has 0 bridgehead atoms. The van der Waals surface area contributed by atoms with Gasteiger partial charge in [-0.15, -0.1) is 0 Å². The Balaban J connectivity index is 2.35. The molecule has 1 saturated carbocycles. The second-order valence-electron chi connectivity index (χ2n) is 6.53. The molecule has 0 aromatic heterocycles. The molecular formula is C16H26N2. The molecule has 18 heavy (non-hydrogen) atoms. The first-order chi connectivity index (χ1) is 8.54. The fraction of sp³-hybridized carbons (Fsp3) is 0.625. The maximum Gasteiger partial charge on any atom is 0.0491 e. The molecule has 1 aliphatic carbocycles. The van der Waals surface area contributed by atoms with Crippen molar-refractivity contribution in [1.82, 2.24) is 5.43 Å². The number of hydrogen-bond donors (Lipinski definition) is 2. The molecular weight excluding hydrogens is 220 g/mol. The molecule has 1 aliphatic rings. The number of benzene rings is 1. The van der Waals surface area contributed by atoms with Crippen molar-refractivity contribution in [2.75, 3.05) is 0 Å². The van der Waals surface area contributed by atoms with E-state index in [9.17, 15) is 0 Å². The van der Waals surface area contributed by atoms with E-state index in [4.69, 9.17) is 5.84 Å². The van der Waals surface area contributed by atoms with E-state index in [0.29, 0.717) is 12.0 Å². The van der Waals surface area contributed by atoms with Crippen LogP contribution in [0.3, 0.4) is 0 Å². The first kappa shape index (κ1) is 13.6. The molecule has 0 heterocycles. The first-order valence-corrected chi connectivity index (χ1v) is 7.09. The number of hydrazine groups is 1. The normalized spacial score (nSPS) is 19.1. The molecule has 3 N–H and O–H groups in total. The van der Waals surface area contributed by atoms with Crippen LogP contribution < -0.4 is 11.3 Å². The van der Waals surface area contributed by atoms with Crippen LogP contribution in [0.5, 0.6) is 0 Å². The number of rotatable bonds is 3. The van der Waals surface area contributed by atoms with Crippen LogP contribution in [0.2, 0.25) is 0 Å². The largest absolute Gasteiger partial charge is 0.271 e. The third-order valence-corrected chi connectivity index (χ3v) is 4.15. The lowest BCUT2D eigenvalue weighted by atomic mass is 9.79. The molecule has 100 valence electrons. The number of hydrogen-bond acceptors (Lipinski definition) is 2. The molecule has 1 fully saturated rings. The van der Waals surface area contributed by atoms with Crippen molar-refractivity contribution >= 4 is 0 Å². The summed E-state index contributed by atoms with van der Waals surface area (Å²) in [4.78, 5) is 0. The van der Waals surface area contributed by atoms with E-state index in [1.165, 1.54) is 36.8 Å². The van der Waals surface area contributed by atoms with E-state index in [0.717, 1.165) is 0 Å². The summed E-state index contributed by atoms with van der Waals surface area (Å²) in [6.45, 7) is 6.82. The summed E-state index contributed by atoms with van der Waals surface area (Å²) >= 11 is 0. The van der Waals surface area contributed by atoms with E-state index in [2.05, 4.69) is 50.5 Å². The Kier molecular flexibility index (Phi) is 4.08. The van der Waals surface area contributed by atoms with Gasteiger partial charge in [-0.05, 0) is 35.3 Å². The number of nitrogens with one attached hydrogen (secondary N) is 1. The second kappa shape index (κ2) is 5.41. The van der Waals surface area contributed by atoms with Crippen LogP contribution >= 0.6 is 0 Å². The molecule has 0 spiro atoms. The van der Waals surface area contributed by atoms with Gasteiger partial charge < -0.3 is 0 Å². The Hall–Kier alpha value is -0.860. The van der Waals surface area contributed by atoms with E-state index in [1.807, 2.05) is 0 Å². The van der Waals surface area contributed by atoms with Crippen molar-refractivity contribution < 1.29 is 0 Å². The van der Waals surface area contributed by atoms with Crippen molar-refractivity contribution in [2.45, 2.75) is 57.9 Å². The quantitative estimate of drug-likeness (QED) is 0.630. The van der Waals surface area contributed by atoms with E-state index >= 15 is 0 Å². The average Bonchev–Trinajstić information content (AvgIpc) is 2.83. The first-order valence-electron chi connectivity index (χ1n) is 7.09. The Morgan fingerprint density at radius 1 is 1.17 bits per heavy atom. The Morgan fingerprint density at radius 3 is 2.33 bits per heavy atom. The average molecular weight is 246 g/mol. The Bertz CT molecular complexity index is 386. The molecule has 2 rings (SSSR count). The minimum Gasteiger partial charge on any atom is -0.271 e. The lowest BCUT2D eigenvalue weighted by Gasteiger charge is -2.30. The minimum absolute atomic E-state index is 0.171. The highest BCUT2D eigenvalue weighted by molar-refractivity contribution is 5.35. The zero-order valence-corrected chi connectivity index (χ0v) is 11.9. The topological polar surface area (TPSA) is 38.0 Å². The number of nitrogens with two attached hydrogens (primary N) is 1. The predicted octanol–water partition coefficient (Wildman–Crippen LogP) is 3.68. The minimum atomic E-state index is 0.171. The maximum absolute atomic E-state index is 5.85. The lowest BCUT2D eigenvalue weighted by Crippen LogP contribution is -2.34. The molecule has 0 aliphatic heterocycles.